The van der Waals surface area contributed by atoms with Crippen molar-refractivity contribution >= 4 is 27.5 Å². The van der Waals surface area contributed by atoms with Crippen LogP contribution in [0.25, 0.3) is 0 Å². The molecule has 1 atom stereocenters. The van der Waals surface area contributed by atoms with Gasteiger partial charge in [0.2, 0.25) is 0 Å². The van der Waals surface area contributed by atoms with Crippen molar-refractivity contribution < 1.29 is 4.74 Å². The molecule has 2 aromatic carbocycles. The summed E-state index contributed by atoms with van der Waals surface area (Å²) in [6, 6.07) is 11.7. The van der Waals surface area contributed by atoms with Crippen LogP contribution in [0.1, 0.15) is 18.1 Å². The summed E-state index contributed by atoms with van der Waals surface area (Å²) >= 11 is 9.69. The maximum Gasteiger partial charge on any atom is 0.146 e. The highest BCUT2D eigenvalue weighted by molar-refractivity contribution is 9.10. The summed E-state index contributed by atoms with van der Waals surface area (Å²) in [6.45, 7) is 3.99. The van der Waals surface area contributed by atoms with Crippen LogP contribution in [0.4, 0.5) is 0 Å². The normalized spacial score (nSPS) is 12.2. The highest BCUT2D eigenvalue weighted by atomic mass is 79.9. The number of halogens is 2. The molecule has 0 fully saturated rings. The smallest absolute Gasteiger partial charge is 0.146 e. The quantitative estimate of drug-likeness (QED) is 0.829. The lowest BCUT2D eigenvalue weighted by Crippen LogP contribution is -2.17. The fourth-order valence-electron chi connectivity index (χ4n) is 1.92. The summed E-state index contributed by atoms with van der Waals surface area (Å²) in [7, 11) is 0. The molecular weight excluding hydrogens is 338 g/mol. The maximum absolute atomic E-state index is 6.13. The Morgan fingerprint density at radius 3 is 2.65 bits per heavy atom. The molecule has 0 saturated heterocycles. The predicted octanol–water partition coefficient (Wildman–Crippen LogP) is 5.09. The van der Waals surface area contributed by atoms with Gasteiger partial charge in [-0.2, -0.15) is 0 Å². The van der Waals surface area contributed by atoms with Crippen LogP contribution < -0.4 is 10.5 Å². The summed E-state index contributed by atoms with van der Waals surface area (Å²) < 4.78 is 6.83. The van der Waals surface area contributed by atoms with Crippen LogP contribution in [0.15, 0.2) is 40.9 Å². The molecule has 2 nitrogen and oxygen atoms in total. The van der Waals surface area contributed by atoms with Crippen LogP contribution in [0, 0.1) is 6.92 Å². The zero-order valence-corrected chi connectivity index (χ0v) is 13.8. The summed E-state index contributed by atoms with van der Waals surface area (Å²) in [5.74, 6) is 1.41. The standard InChI is InChI=1S/C16H17BrClNO/c1-10-3-6-15(18)16(7-10)20-13-5-4-12(8-11(2)19)14(17)9-13/h3-7,9,11H,8,19H2,1-2H3. The molecule has 4 heteroatoms. The molecule has 2 aromatic rings. The minimum absolute atomic E-state index is 0.129. The number of ether oxygens (including phenoxy) is 1. The minimum Gasteiger partial charge on any atom is -0.456 e. The summed E-state index contributed by atoms with van der Waals surface area (Å²) in [6.07, 6.45) is 0.825. The fourth-order valence-corrected chi connectivity index (χ4v) is 2.60. The molecule has 0 bridgehead atoms. The second kappa shape index (κ2) is 6.61. The number of aryl methyl sites for hydroxylation is 1. The van der Waals surface area contributed by atoms with Crippen molar-refractivity contribution in [2.45, 2.75) is 26.3 Å². The molecule has 0 radical (unpaired) electrons. The Morgan fingerprint density at radius 1 is 1.25 bits per heavy atom. The third kappa shape index (κ3) is 3.98. The molecule has 0 heterocycles. The highest BCUT2D eigenvalue weighted by Crippen LogP contribution is 2.32. The van der Waals surface area contributed by atoms with E-state index in [9.17, 15) is 0 Å². The minimum atomic E-state index is 0.129. The summed E-state index contributed by atoms with van der Waals surface area (Å²) in [5.41, 5.74) is 8.10. The van der Waals surface area contributed by atoms with Gasteiger partial charge in [0.1, 0.15) is 11.5 Å². The number of hydrogen-bond acceptors (Lipinski definition) is 2. The summed E-state index contributed by atoms with van der Waals surface area (Å²) in [4.78, 5) is 0. The Balaban J connectivity index is 2.22. The molecular formula is C16H17BrClNO. The molecule has 0 saturated carbocycles. The third-order valence-corrected chi connectivity index (χ3v) is 3.93. The Hall–Kier alpha value is -1.03. The van der Waals surface area contributed by atoms with Gasteiger partial charge in [0.15, 0.2) is 0 Å². The van der Waals surface area contributed by atoms with E-state index in [4.69, 9.17) is 22.1 Å². The molecule has 1 unspecified atom stereocenters. The fraction of sp³-hybridized carbons (Fsp3) is 0.250. The Bertz CT molecular complexity index is 613. The van der Waals surface area contributed by atoms with Crippen molar-refractivity contribution in [1.29, 1.82) is 0 Å². The van der Waals surface area contributed by atoms with Gasteiger partial charge in [0.25, 0.3) is 0 Å². The van der Waals surface area contributed by atoms with Gasteiger partial charge in [0.05, 0.1) is 5.02 Å². The average molecular weight is 355 g/mol. The van der Waals surface area contributed by atoms with Crippen molar-refractivity contribution in [2.75, 3.05) is 0 Å². The van der Waals surface area contributed by atoms with E-state index in [1.54, 1.807) is 0 Å². The Kier molecular flexibility index (Phi) is 5.08. The van der Waals surface area contributed by atoms with Crippen molar-refractivity contribution in [1.82, 2.24) is 0 Å². The van der Waals surface area contributed by atoms with Crippen LogP contribution in [0.2, 0.25) is 5.02 Å². The zero-order valence-electron chi connectivity index (χ0n) is 11.5. The lowest BCUT2D eigenvalue weighted by molar-refractivity contribution is 0.482. The number of rotatable bonds is 4. The van der Waals surface area contributed by atoms with E-state index in [1.165, 1.54) is 5.56 Å². The zero-order chi connectivity index (χ0) is 14.7. The van der Waals surface area contributed by atoms with E-state index in [0.717, 1.165) is 22.2 Å². The Morgan fingerprint density at radius 2 is 2.00 bits per heavy atom. The Labute approximate surface area is 133 Å². The van der Waals surface area contributed by atoms with Gasteiger partial charge < -0.3 is 10.5 Å². The first-order valence-electron chi connectivity index (χ1n) is 6.43. The maximum atomic E-state index is 6.13. The van der Waals surface area contributed by atoms with E-state index >= 15 is 0 Å². The van der Waals surface area contributed by atoms with Crippen molar-refractivity contribution in [2.24, 2.45) is 5.73 Å². The van der Waals surface area contributed by atoms with Crippen LogP contribution in [-0.4, -0.2) is 6.04 Å². The first-order chi connectivity index (χ1) is 9.45. The van der Waals surface area contributed by atoms with E-state index in [2.05, 4.69) is 15.9 Å². The van der Waals surface area contributed by atoms with Gasteiger partial charge in [-0.05, 0) is 55.7 Å². The van der Waals surface area contributed by atoms with E-state index in [1.807, 2.05) is 50.2 Å². The second-order valence-electron chi connectivity index (χ2n) is 4.97. The van der Waals surface area contributed by atoms with Crippen molar-refractivity contribution in [3.63, 3.8) is 0 Å². The molecule has 20 heavy (non-hydrogen) atoms. The van der Waals surface area contributed by atoms with E-state index in [-0.39, 0.29) is 6.04 Å². The van der Waals surface area contributed by atoms with Crippen LogP contribution >= 0.6 is 27.5 Å². The molecule has 0 aliphatic carbocycles. The molecule has 0 amide bonds. The molecule has 0 aliphatic rings. The van der Waals surface area contributed by atoms with E-state index in [0.29, 0.717) is 10.8 Å². The largest absolute Gasteiger partial charge is 0.456 e. The van der Waals surface area contributed by atoms with Gasteiger partial charge in [-0.25, -0.2) is 0 Å². The summed E-state index contributed by atoms with van der Waals surface area (Å²) in [5, 5.41) is 0.603. The second-order valence-corrected chi connectivity index (χ2v) is 6.23. The first-order valence-corrected chi connectivity index (χ1v) is 7.61. The number of benzene rings is 2. The van der Waals surface area contributed by atoms with Gasteiger partial charge in [-0.15, -0.1) is 0 Å². The van der Waals surface area contributed by atoms with Crippen molar-refractivity contribution in [3.05, 3.63) is 57.0 Å². The lowest BCUT2D eigenvalue weighted by atomic mass is 10.1. The molecule has 0 aliphatic heterocycles. The lowest BCUT2D eigenvalue weighted by Gasteiger charge is -2.12. The van der Waals surface area contributed by atoms with Gasteiger partial charge in [-0.3, -0.25) is 0 Å². The van der Waals surface area contributed by atoms with Crippen LogP contribution in [0.3, 0.4) is 0 Å². The highest BCUT2D eigenvalue weighted by Gasteiger charge is 2.07. The molecule has 0 spiro atoms. The number of nitrogens with two attached hydrogens (primary N) is 1. The van der Waals surface area contributed by atoms with Crippen LogP contribution in [-0.2, 0) is 6.42 Å². The number of hydrogen-bond donors (Lipinski definition) is 1. The molecule has 2 rings (SSSR count). The average Bonchev–Trinajstić information content (AvgIpc) is 2.37. The van der Waals surface area contributed by atoms with Gasteiger partial charge in [-0.1, -0.05) is 39.7 Å². The SMILES string of the molecule is Cc1ccc(Cl)c(Oc2ccc(CC(C)N)c(Br)c2)c1. The molecule has 2 N–H and O–H groups in total. The predicted molar refractivity (Wildman–Crippen MR) is 87.8 cm³/mol. The molecule has 106 valence electrons. The van der Waals surface area contributed by atoms with E-state index < -0.39 is 0 Å². The first kappa shape index (κ1) is 15.4. The van der Waals surface area contributed by atoms with Gasteiger partial charge in [0, 0.05) is 10.5 Å². The van der Waals surface area contributed by atoms with Crippen LogP contribution in [0.5, 0.6) is 11.5 Å². The monoisotopic (exact) mass is 353 g/mol. The van der Waals surface area contributed by atoms with Crippen molar-refractivity contribution in [3.8, 4) is 11.5 Å². The topological polar surface area (TPSA) is 35.2 Å². The molecule has 0 aromatic heterocycles. The van der Waals surface area contributed by atoms with Gasteiger partial charge >= 0.3 is 0 Å². The third-order valence-electron chi connectivity index (χ3n) is 2.88.